The summed E-state index contributed by atoms with van der Waals surface area (Å²) in [6.45, 7) is 12.3. The molecule has 88 valence electrons. The smallest absolute Gasteiger partial charge is 0.335 e. The molecule has 15 heavy (non-hydrogen) atoms. The van der Waals surface area contributed by atoms with Gasteiger partial charge in [0.05, 0.1) is 24.9 Å². The van der Waals surface area contributed by atoms with Crippen molar-refractivity contribution in [2.24, 2.45) is 5.92 Å². The van der Waals surface area contributed by atoms with Crippen LogP contribution in [0.25, 0.3) is 0 Å². The van der Waals surface area contributed by atoms with E-state index in [1.54, 1.807) is 6.92 Å². The van der Waals surface area contributed by atoms with Crippen LogP contribution in [0.4, 0.5) is 0 Å². The first kappa shape index (κ1) is 14.2. The minimum Gasteiger partial charge on any atom is -0.463 e. The second-order valence-corrected chi connectivity index (χ2v) is 4.08. The second-order valence-electron chi connectivity index (χ2n) is 4.08. The van der Waals surface area contributed by atoms with Gasteiger partial charge >= 0.3 is 5.97 Å². The summed E-state index contributed by atoms with van der Waals surface area (Å²) >= 11 is 0. The maximum Gasteiger partial charge on any atom is 0.335 e. The van der Waals surface area contributed by atoms with E-state index in [0.717, 1.165) is 6.42 Å². The zero-order valence-electron chi connectivity index (χ0n) is 10.2. The first-order valence-electron chi connectivity index (χ1n) is 5.43. The van der Waals surface area contributed by atoms with Gasteiger partial charge in [0.25, 0.3) is 0 Å². The lowest BCUT2D eigenvalue weighted by molar-refractivity contribution is -0.139. The van der Waals surface area contributed by atoms with Gasteiger partial charge in [0.2, 0.25) is 0 Å². The highest BCUT2D eigenvalue weighted by Gasteiger charge is 2.10. The third-order valence-electron chi connectivity index (χ3n) is 1.91. The SMILES string of the molecule is C=C(COC(C)CC(C)C)C(=O)OCC. The molecule has 3 heteroatoms. The van der Waals surface area contributed by atoms with E-state index in [1.807, 2.05) is 6.92 Å². The molecule has 0 saturated carbocycles. The Morgan fingerprint density at radius 1 is 1.33 bits per heavy atom. The van der Waals surface area contributed by atoms with Crippen molar-refractivity contribution >= 4 is 5.97 Å². The molecule has 0 spiro atoms. The number of rotatable bonds is 7. The molecule has 0 amide bonds. The Kier molecular flexibility index (Phi) is 7.05. The van der Waals surface area contributed by atoms with Gasteiger partial charge in [-0.2, -0.15) is 0 Å². The van der Waals surface area contributed by atoms with Crippen molar-refractivity contribution in [1.29, 1.82) is 0 Å². The minimum atomic E-state index is -0.366. The quantitative estimate of drug-likeness (QED) is 0.482. The zero-order valence-corrected chi connectivity index (χ0v) is 10.2. The van der Waals surface area contributed by atoms with Crippen LogP contribution in [0, 0.1) is 5.92 Å². The van der Waals surface area contributed by atoms with Crippen LogP contribution in [0.5, 0.6) is 0 Å². The van der Waals surface area contributed by atoms with Crippen LogP contribution >= 0.6 is 0 Å². The van der Waals surface area contributed by atoms with E-state index in [9.17, 15) is 4.79 Å². The molecular formula is C12H22O3. The monoisotopic (exact) mass is 214 g/mol. The first-order chi connectivity index (χ1) is 6.97. The molecule has 3 nitrogen and oxygen atoms in total. The van der Waals surface area contributed by atoms with Gasteiger partial charge in [-0.05, 0) is 26.2 Å². The van der Waals surface area contributed by atoms with Crippen molar-refractivity contribution in [2.45, 2.75) is 40.2 Å². The Morgan fingerprint density at radius 3 is 2.40 bits per heavy atom. The Bertz CT molecular complexity index is 209. The van der Waals surface area contributed by atoms with Gasteiger partial charge in [-0.15, -0.1) is 0 Å². The van der Waals surface area contributed by atoms with Gasteiger partial charge in [0.1, 0.15) is 0 Å². The summed E-state index contributed by atoms with van der Waals surface area (Å²) in [6, 6.07) is 0. The summed E-state index contributed by atoms with van der Waals surface area (Å²) in [6.07, 6.45) is 1.13. The summed E-state index contributed by atoms with van der Waals surface area (Å²) in [5.41, 5.74) is 0.382. The van der Waals surface area contributed by atoms with Gasteiger partial charge in [0, 0.05) is 0 Å². The van der Waals surface area contributed by atoms with Gasteiger partial charge < -0.3 is 9.47 Å². The van der Waals surface area contributed by atoms with Crippen molar-refractivity contribution in [3.05, 3.63) is 12.2 Å². The maximum absolute atomic E-state index is 11.2. The third-order valence-corrected chi connectivity index (χ3v) is 1.91. The lowest BCUT2D eigenvalue weighted by Crippen LogP contribution is -2.17. The second kappa shape index (κ2) is 7.46. The molecule has 0 fully saturated rings. The molecule has 0 aliphatic rings. The molecule has 0 rings (SSSR count). The summed E-state index contributed by atoms with van der Waals surface area (Å²) in [4.78, 5) is 11.2. The predicted octanol–water partition coefficient (Wildman–Crippen LogP) is 2.56. The molecule has 1 unspecified atom stereocenters. The molecule has 0 bridgehead atoms. The number of carbonyl (C=O) groups is 1. The van der Waals surface area contributed by atoms with E-state index in [2.05, 4.69) is 20.4 Å². The normalized spacial score (nSPS) is 12.6. The van der Waals surface area contributed by atoms with Crippen molar-refractivity contribution in [2.75, 3.05) is 13.2 Å². The van der Waals surface area contributed by atoms with Crippen LogP contribution < -0.4 is 0 Å². The van der Waals surface area contributed by atoms with Crippen molar-refractivity contribution in [3.8, 4) is 0 Å². The minimum absolute atomic E-state index is 0.149. The highest BCUT2D eigenvalue weighted by molar-refractivity contribution is 5.87. The highest BCUT2D eigenvalue weighted by Crippen LogP contribution is 2.08. The molecule has 0 aliphatic carbocycles. The highest BCUT2D eigenvalue weighted by atomic mass is 16.5. The summed E-state index contributed by atoms with van der Waals surface area (Å²) in [5, 5.41) is 0. The number of ether oxygens (including phenoxy) is 2. The first-order valence-corrected chi connectivity index (χ1v) is 5.43. The summed E-state index contributed by atoms with van der Waals surface area (Å²) in [5.74, 6) is 0.227. The summed E-state index contributed by atoms with van der Waals surface area (Å²) in [7, 11) is 0. The molecule has 0 N–H and O–H groups in total. The van der Waals surface area contributed by atoms with Gasteiger partial charge in [0.15, 0.2) is 0 Å². The number of esters is 1. The standard InChI is InChI=1S/C12H22O3/c1-6-14-12(13)10(4)8-15-11(5)7-9(2)3/h9,11H,4,6-8H2,1-3,5H3. The average Bonchev–Trinajstić information content (AvgIpc) is 2.13. The molecule has 1 atom stereocenters. The molecular weight excluding hydrogens is 192 g/mol. The van der Waals surface area contributed by atoms with E-state index < -0.39 is 0 Å². The number of carbonyl (C=O) groups excluding carboxylic acids is 1. The van der Waals surface area contributed by atoms with Crippen LogP contribution in [-0.2, 0) is 14.3 Å². The fourth-order valence-electron chi connectivity index (χ4n) is 1.27. The van der Waals surface area contributed by atoms with Crippen LogP contribution in [0.15, 0.2) is 12.2 Å². The predicted molar refractivity (Wildman–Crippen MR) is 60.6 cm³/mol. The average molecular weight is 214 g/mol. The Labute approximate surface area is 92.5 Å². The molecule has 0 aromatic carbocycles. The molecule has 0 radical (unpaired) electrons. The number of hydrogen-bond acceptors (Lipinski definition) is 3. The van der Waals surface area contributed by atoms with E-state index in [0.29, 0.717) is 18.1 Å². The van der Waals surface area contributed by atoms with Crippen LogP contribution in [0.1, 0.15) is 34.1 Å². The third kappa shape index (κ3) is 7.14. The Hall–Kier alpha value is -0.830. The van der Waals surface area contributed by atoms with Crippen LogP contribution in [0.3, 0.4) is 0 Å². The molecule has 0 aliphatic heterocycles. The fraction of sp³-hybridized carbons (Fsp3) is 0.750. The van der Waals surface area contributed by atoms with Gasteiger partial charge in [-0.25, -0.2) is 4.79 Å². The molecule has 0 aromatic heterocycles. The van der Waals surface area contributed by atoms with Gasteiger partial charge in [-0.1, -0.05) is 20.4 Å². The van der Waals surface area contributed by atoms with E-state index in [1.165, 1.54) is 0 Å². The lowest BCUT2D eigenvalue weighted by atomic mass is 10.1. The maximum atomic E-state index is 11.2. The Morgan fingerprint density at radius 2 is 1.93 bits per heavy atom. The molecule has 0 aromatic rings. The largest absolute Gasteiger partial charge is 0.463 e. The topological polar surface area (TPSA) is 35.5 Å². The van der Waals surface area contributed by atoms with E-state index >= 15 is 0 Å². The Balaban J connectivity index is 3.75. The summed E-state index contributed by atoms with van der Waals surface area (Å²) < 4.78 is 10.3. The molecule has 0 saturated heterocycles. The van der Waals surface area contributed by atoms with Crippen molar-refractivity contribution < 1.29 is 14.3 Å². The fourth-order valence-corrected chi connectivity index (χ4v) is 1.27. The van der Waals surface area contributed by atoms with Gasteiger partial charge in [-0.3, -0.25) is 0 Å². The van der Waals surface area contributed by atoms with Crippen molar-refractivity contribution in [3.63, 3.8) is 0 Å². The zero-order chi connectivity index (χ0) is 11.8. The lowest BCUT2D eigenvalue weighted by Gasteiger charge is -2.15. The van der Waals surface area contributed by atoms with E-state index in [-0.39, 0.29) is 18.7 Å². The van der Waals surface area contributed by atoms with Crippen molar-refractivity contribution in [1.82, 2.24) is 0 Å². The van der Waals surface area contributed by atoms with E-state index in [4.69, 9.17) is 9.47 Å². The number of hydrogen-bond donors (Lipinski definition) is 0. The van der Waals surface area contributed by atoms with Crippen LogP contribution in [0.2, 0.25) is 0 Å². The van der Waals surface area contributed by atoms with Crippen LogP contribution in [-0.4, -0.2) is 25.3 Å². The molecule has 0 heterocycles.